The summed E-state index contributed by atoms with van der Waals surface area (Å²) < 4.78 is 0. The van der Waals surface area contributed by atoms with Crippen molar-refractivity contribution in [1.29, 1.82) is 0 Å². The third-order valence-corrected chi connectivity index (χ3v) is 3.99. The summed E-state index contributed by atoms with van der Waals surface area (Å²) in [7, 11) is 0. The molecule has 1 aliphatic carbocycles. The first-order chi connectivity index (χ1) is 10.8. The fraction of sp³-hybridized carbons (Fsp3) is 0.222. The molecule has 1 saturated carbocycles. The molecule has 1 fully saturated rings. The van der Waals surface area contributed by atoms with Crippen molar-refractivity contribution in [3.8, 4) is 11.1 Å². The summed E-state index contributed by atoms with van der Waals surface area (Å²) in [5.74, 6) is 1.14. The van der Waals surface area contributed by atoms with Crippen LogP contribution in [0.25, 0.3) is 22.0 Å². The Morgan fingerprint density at radius 2 is 2.05 bits per heavy atom. The average molecular weight is 289 g/mol. The molecule has 0 radical (unpaired) electrons. The summed E-state index contributed by atoms with van der Waals surface area (Å²) in [6.07, 6.45) is 7.78. The molecule has 2 heterocycles. The Hall–Kier alpha value is -2.62. The molecule has 1 aliphatic rings. The van der Waals surface area contributed by atoms with Gasteiger partial charge in [0.2, 0.25) is 0 Å². The monoisotopic (exact) mass is 289 g/mol. The number of aromatic nitrogens is 3. The lowest BCUT2D eigenvalue weighted by Crippen LogP contribution is -2.08. The van der Waals surface area contributed by atoms with Crippen molar-refractivity contribution in [2.45, 2.75) is 19.3 Å². The standard InChI is InChI=1S/C18H15N3O/c22-17(12-3-4-12)9-18-20-11-15-6-5-13(8-16(15)21-18)14-2-1-7-19-10-14/h1-2,5-8,10-12H,3-4,9H2. The highest BCUT2D eigenvalue weighted by atomic mass is 16.1. The quantitative estimate of drug-likeness (QED) is 0.740. The van der Waals surface area contributed by atoms with Gasteiger partial charge in [-0.05, 0) is 30.5 Å². The van der Waals surface area contributed by atoms with Crippen molar-refractivity contribution in [2.75, 3.05) is 0 Å². The predicted octanol–water partition coefficient (Wildman–Crippen LogP) is 3.21. The number of carbonyl (C=O) groups excluding carboxylic acids is 1. The number of ketones is 1. The van der Waals surface area contributed by atoms with E-state index in [1.807, 2.05) is 36.5 Å². The van der Waals surface area contributed by atoms with Crippen LogP contribution in [0.15, 0.2) is 48.9 Å². The summed E-state index contributed by atoms with van der Waals surface area (Å²) in [5.41, 5.74) is 2.99. The lowest BCUT2D eigenvalue weighted by atomic mass is 10.1. The maximum Gasteiger partial charge on any atom is 0.143 e. The molecule has 0 aliphatic heterocycles. The number of Topliss-reactive ketones (excluding diaryl/α,β-unsaturated/α-hetero) is 1. The second kappa shape index (κ2) is 5.30. The molecule has 1 aromatic carbocycles. The van der Waals surface area contributed by atoms with Crippen molar-refractivity contribution in [3.63, 3.8) is 0 Å². The Balaban J connectivity index is 1.69. The summed E-state index contributed by atoms with van der Waals surface area (Å²) >= 11 is 0. The van der Waals surface area contributed by atoms with Gasteiger partial charge in [0.15, 0.2) is 0 Å². The zero-order valence-electron chi connectivity index (χ0n) is 12.1. The molecule has 0 N–H and O–H groups in total. The van der Waals surface area contributed by atoms with Crippen molar-refractivity contribution in [2.24, 2.45) is 5.92 Å². The second-order valence-electron chi connectivity index (χ2n) is 5.72. The molecule has 3 aromatic rings. The van der Waals surface area contributed by atoms with Crippen LogP contribution < -0.4 is 0 Å². The summed E-state index contributed by atoms with van der Waals surface area (Å²) in [6.45, 7) is 0. The van der Waals surface area contributed by atoms with Gasteiger partial charge in [-0.2, -0.15) is 0 Å². The van der Waals surface area contributed by atoms with E-state index in [2.05, 4.69) is 15.0 Å². The van der Waals surface area contributed by atoms with E-state index in [4.69, 9.17) is 0 Å². The highest BCUT2D eigenvalue weighted by Crippen LogP contribution is 2.30. The Bertz CT molecular complexity index is 841. The SMILES string of the molecule is O=C(Cc1ncc2ccc(-c3cccnc3)cc2n1)C1CC1. The lowest BCUT2D eigenvalue weighted by Gasteiger charge is -2.05. The van der Waals surface area contributed by atoms with Gasteiger partial charge in [0.25, 0.3) is 0 Å². The predicted molar refractivity (Wildman–Crippen MR) is 84.2 cm³/mol. The number of fused-ring (bicyclic) bond motifs is 1. The maximum atomic E-state index is 11.9. The minimum atomic E-state index is 0.251. The van der Waals surface area contributed by atoms with Crippen LogP contribution in [0.4, 0.5) is 0 Å². The van der Waals surface area contributed by atoms with Gasteiger partial charge in [0, 0.05) is 35.5 Å². The molecule has 4 nitrogen and oxygen atoms in total. The van der Waals surface area contributed by atoms with Gasteiger partial charge in [-0.25, -0.2) is 9.97 Å². The van der Waals surface area contributed by atoms with Crippen LogP contribution >= 0.6 is 0 Å². The van der Waals surface area contributed by atoms with Crippen LogP contribution in [-0.4, -0.2) is 20.7 Å². The van der Waals surface area contributed by atoms with Gasteiger partial charge in [0.05, 0.1) is 11.9 Å². The Kier molecular flexibility index (Phi) is 3.15. The Labute approximate surface area is 128 Å². The van der Waals surface area contributed by atoms with Gasteiger partial charge in [-0.3, -0.25) is 9.78 Å². The smallest absolute Gasteiger partial charge is 0.143 e. The summed E-state index contributed by atoms with van der Waals surface area (Å²) in [4.78, 5) is 24.9. The highest BCUT2D eigenvalue weighted by Gasteiger charge is 2.29. The van der Waals surface area contributed by atoms with Gasteiger partial charge in [-0.15, -0.1) is 0 Å². The van der Waals surface area contributed by atoms with Crippen molar-refractivity contribution < 1.29 is 4.79 Å². The minimum Gasteiger partial charge on any atom is -0.299 e. The first-order valence-electron chi connectivity index (χ1n) is 7.48. The Morgan fingerprint density at radius 3 is 2.82 bits per heavy atom. The third-order valence-electron chi connectivity index (χ3n) is 3.99. The van der Waals surface area contributed by atoms with Crippen LogP contribution in [0.3, 0.4) is 0 Å². The van der Waals surface area contributed by atoms with Gasteiger partial charge < -0.3 is 0 Å². The second-order valence-corrected chi connectivity index (χ2v) is 5.72. The van der Waals surface area contributed by atoms with E-state index < -0.39 is 0 Å². The summed E-state index contributed by atoms with van der Waals surface area (Å²) in [6, 6.07) is 10.0. The molecule has 0 unspecified atom stereocenters. The van der Waals surface area contributed by atoms with Crippen molar-refractivity contribution in [3.05, 3.63) is 54.7 Å². The Morgan fingerprint density at radius 1 is 1.14 bits per heavy atom. The van der Waals surface area contributed by atoms with Crippen molar-refractivity contribution in [1.82, 2.24) is 15.0 Å². The number of carbonyl (C=O) groups is 1. The van der Waals surface area contributed by atoms with E-state index in [0.717, 1.165) is 34.9 Å². The molecular weight excluding hydrogens is 274 g/mol. The number of pyridine rings is 1. The molecule has 0 atom stereocenters. The van der Waals surface area contributed by atoms with Crippen LogP contribution in [-0.2, 0) is 11.2 Å². The summed E-state index contributed by atoms with van der Waals surface area (Å²) in [5, 5.41) is 0.982. The number of hydrogen-bond acceptors (Lipinski definition) is 4. The molecule has 108 valence electrons. The number of rotatable bonds is 4. The number of benzene rings is 1. The molecule has 0 spiro atoms. The molecule has 0 amide bonds. The minimum absolute atomic E-state index is 0.251. The van der Waals surface area contributed by atoms with E-state index in [-0.39, 0.29) is 11.7 Å². The van der Waals surface area contributed by atoms with E-state index in [9.17, 15) is 4.79 Å². The zero-order valence-corrected chi connectivity index (χ0v) is 12.1. The van der Waals surface area contributed by atoms with Crippen LogP contribution in [0.5, 0.6) is 0 Å². The maximum absolute atomic E-state index is 11.9. The van der Waals surface area contributed by atoms with E-state index in [0.29, 0.717) is 12.2 Å². The van der Waals surface area contributed by atoms with Crippen molar-refractivity contribution >= 4 is 16.7 Å². The highest BCUT2D eigenvalue weighted by molar-refractivity contribution is 5.86. The molecule has 4 heteroatoms. The lowest BCUT2D eigenvalue weighted by molar-refractivity contribution is -0.119. The first kappa shape index (κ1) is 13.1. The topological polar surface area (TPSA) is 55.7 Å². The third kappa shape index (κ3) is 2.60. The molecule has 0 bridgehead atoms. The molecule has 2 aromatic heterocycles. The van der Waals surface area contributed by atoms with Gasteiger partial charge in [-0.1, -0.05) is 18.2 Å². The van der Waals surface area contributed by atoms with E-state index >= 15 is 0 Å². The fourth-order valence-corrected chi connectivity index (χ4v) is 2.57. The van der Waals surface area contributed by atoms with E-state index in [1.54, 1.807) is 12.4 Å². The number of hydrogen-bond donors (Lipinski definition) is 0. The zero-order chi connectivity index (χ0) is 14.9. The van der Waals surface area contributed by atoms with Crippen LogP contribution in [0.2, 0.25) is 0 Å². The van der Waals surface area contributed by atoms with E-state index in [1.165, 1.54) is 0 Å². The fourth-order valence-electron chi connectivity index (χ4n) is 2.57. The average Bonchev–Trinajstić information content (AvgIpc) is 3.40. The normalized spacial score (nSPS) is 14.2. The molecule has 0 saturated heterocycles. The number of nitrogens with zero attached hydrogens (tertiary/aromatic N) is 3. The van der Waals surface area contributed by atoms with Gasteiger partial charge >= 0.3 is 0 Å². The molecule has 22 heavy (non-hydrogen) atoms. The molecule has 4 rings (SSSR count). The largest absolute Gasteiger partial charge is 0.299 e. The van der Waals surface area contributed by atoms with Crippen LogP contribution in [0, 0.1) is 5.92 Å². The van der Waals surface area contributed by atoms with Gasteiger partial charge in [0.1, 0.15) is 11.6 Å². The molecular formula is C18H15N3O. The first-order valence-corrected chi connectivity index (χ1v) is 7.48. The van der Waals surface area contributed by atoms with Crippen LogP contribution in [0.1, 0.15) is 18.7 Å².